The molecule has 0 aliphatic carbocycles. The molecule has 0 saturated heterocycles. The standard InChI is InChI=1S/C26H27N3O3/c1-18-12-13-20(16-19(18)2)32-15-14-29-23-10-6-5-9-22(23)28-25(29)17-27-26(30)21-8-4-7-11-24(21)31-3/h4-13,16H,14-15,17H2,1-3H3,(H,27,30). The van der Waals surface area contributed by atoms with Gasteiger partial charge in [-0.25, -0.2) is 4.98 Å². The maximum atomic E-state index is 12.7. The van der Waals surface area contributed by atoms with E-state index >= 15 is 0 Å². The van der Waals surface area contributed by atoms with Gasteiger partial charge in [0.15, 0.2) is 0 Å². The van der Waals surface area contributed by atoms with E-state index in [-0.39, 0.29) is 5.91 Å². The van der Waals surface area contributed by atoms with Gasteiger partial charge in [-0.15, -0.1) is 0 Å². The monoisotopic (exact) mass is 429 g/mol. The summed E-state index contributed by atoms with van der Waals surface area (Å²) in [7, 11) is 1.56. The Bertz CT molecular complexity index is 1250. The van der Waals surface area contributed by atoms with Crippen molar-refractivity contribution in [1.29, 1.82) is 0 Å². The number of amides is 1. The summed E-state index contributed by atoms with van der Waals surface area (Å²) >= 11 is 0. The number of nitrogens with zero attached hydrogens (tertiary/aromatic N) is 2. The Labute approximate surface area is 187 Å². The van der Waals surface area contributed by atoms with Gasteiger partial charge in [0.05, 0.1) is 36.8 Å². The molecule has 32 heavy (non-hydrogen) atoms. The van der Waals surface area contributed by atoms with Crippen LogP contribution in [0, 0.1) is 13.8 Å². The van der Waals surface area contributed by atoms with Crippen LogP contribution in [0.2, 0.25) is 0 Å². The van der Waals surface area contributed by atoms with E-state index in [4.69, 9.17) is 14.5 Å². The normalized spacial score (nSPS) is 10.8. The second kappa shape index (κ2) is 9.56. The Balaban J connectivity index is 1.49. The van der Waals surface area contributed by atoms with Crippen LogP contribution < -0.4 is 14.8 Å². The molecule has 1 N–H and O–H groups in total. The molecule has 3 aromatic carbocycles. The van der Waals surface area contributed by atoms with Crippen molar-refractivity contribution in [3.05, 3.63) is 89.2 Å². The third-order valence-corrected chi connectivity index (χ3v) is 5.55. The number of rotatable bonds is 8. The Morgan fingerprint density at radius 1 is 1.00 bits per heavy atom. The second-order valence-corrected chi connectivity index (χ2v) is 7.65. The van der Waals surface area contributed by atoms with Gasteiger partial charge in [-0.05, 0) is 61.4 Å². The van der Waals surface area contributed by atoms with Gasteiger partial charge in [-0.2, -0.15) is 0 Å². The highest BCUT2D eigenvalue weighted by molar-refractivity contribution is 5.96. The number of carbonyl (C=O) groups is 1. The predicted molar refractivity (Wildman–Crippen MR) is 125 cm³/mol. The van der Waals surface area contributed by atoms with Gasteiger partial charge in [-0.3, -0.25) is 4.79 Å². The summed E-state index contributed by atoms with van der Waals surface area (Å²) in [5.74, 6) is 1.97. The quantitative estimate of drug-likeness (QED) is 0.442. The third-order valence-electron chi connectivity index (χ3n) is 5.55. The molecule has 0 radical (unpaired) electrons. The summed E-state index contributed by atoms with van der Waals surface area (Å²) in [6, 6.07) is 21.2. The van der Waals surface area contributed by atoms with Gasteiger partial charge >= 0.3 is 0 Å². The Morgan fingerprint density at radius 3 is 2.59 bits per heavy atom. The first-order valence-corrected chi connectivity index (χ1v) is 10.6. The average Bonchev–Trinajstić information content (AvgIpc) is 3.17. The summed E-state index contributed by atoms with van der Waals surface area (Å²) in [6.07, 6.45) is 0. The van der Waals surface area contributed by atoms with Crippen molar-refractivity contribution in [2.24, 2.45) is 0 Å². The lowest BCUT2D eigenvalue weighted by molar-refractivity contribution is 0.0946. The molecule has 0 saturated carbocycles. The van der Waals surface area contributed by atoms with Crippen LogP contribution >= 0.6 is 0 Å². The molecule has 0 bridgehead atoms. The fourth-order valence-electron chi connectivity index (χ4n) is 3.66. The summed E-state index contributed by atoms with van der Waals surface area (Å²) in [4.78, 5) is 17.5. The molecule has 6 nitrogen and oxygen atoms in total. The molecule has 6 heteroatoms. The minimum absolute atomic E-state index is 0.201. The highest BCUT2D eigenvalue weighted by atomic mass is 16.5. The van der Waals surface area contributed by atoms with E-state index in [9.17, 15) is 4.79 Å². The lowest BCUT2D eigenvalue weighted by atomic mass is 10.1. The van der Waals surface area contributed by atoms with Crippen molar-refractivity contribution in [3.63, 3.8) is 0 Å². The maximum Gasteiger partial charge on any atom is 0.255 e. The molecular weight excluding hydrogens is 402 g/mol. The van der Waals surface area contributed by atoms with Crippen LogP contribution in [0.25, 0.3) is 11.0 Å². The van der Waals surface area contributed by atoms with Crippen molar-refractivity contribution in [1.82, 2.24) is 14.9 Å². The number of carbonyl (C=O) groups excluding carboxylic acids is 1. The van der Waals surface area contributed by atoms with Crippen molar-refractivity contribution in [2.75, 3.05) is 13.7 Å². The molecule has 164 valence electrons. The van der Waals surface area contributed by atoms with E-state index in [0.717, 1.165) is 22.6 Å². The van der Waals surface area contributed by atoms with Gasteiger partial charge in [0.25, 0.3) is 5.91 Å². The van der Waals surface area contributed by atoms with Gasteiger partial charge in [0.1, 0.15) is 23.9 Å². The first kappa shape index (κ1) is 21.4. The highest BCUT2D eigenvalue weighted by Gasteiger charge is 2.15. The molecule has 1 amide bonds. The lowest BCUT2D eigenvalue weighted by Crippen LogP contribution is -2.25. The number of hydrogen-bond donors (Lipinski definition) is 1. The molecule has 0 aliphatic rings. The summed E-state index contributed by atoms with van der Waals surface area (Å²) < 4.78 is 13.4. The molecule has 4 rings (SSSR count). The van der Waals surface area contributed by atoms with Gasteiger partial charge in [0.2, 0.25) is 0 Å². The van der Waals surface area contributed by atoms with Crippen LogP contribution in [0.3, 0.4) is 0 Å². The molecule has 0 atom stereocenters. The van der Waals surface area contributed by atoms with E-state index in [1.165, 1.54) is 11.1 Å². The summed E-state index contributed by atoms with van der Waals surface area (Å²) in [5.41, 5.74) is 4.84. The van der Waals surface area contributed by atoms with Crippen molar-refractivity contribution in [2.45, 2.75) is 26.9 Å². The molecule has 1 heterocycles. The number of imidazole rings is 1. The third kappa shape index (κ3) is 4.59. The number of methoxy groups -OCH3 is 1. The first-order valence-electron chi connectivity index (χ1n) is 10.6. The largest absolute Gasteiger partial charge is 0.496 e. The lowest BCUT2D eigenvalue weighted by Gasteiger charge is -2.13. The number of aryl methyl sites for hydroxylation is 2. The van der Waals surface area contributed by atoms with Crippen LogP contribution in [-0.4, -0.2) is 29.2 Å². The van der Waals surface area contributed by atoms with Crippen LogP contribution in [0.4, 0.5) is 0 Å². The van der Waals surface area contributed by atoms with Gasteiger partial charge in [-0.1, -0.05) is 30.3 Å². The van der Waals surface area contributed by atoms with E-state index in [2.05, 4.69) is 35.9 Å². The van der Waals surface area contributed by atoms with Crippen LogP contribution in [0.1, 0.15) is 27.3 Å². The number of aromatic nitrogens is 2. The minimum Gasteiger partial charge on any atom is -0.496 e. The predicted octanol–water partition coefficient (Wildman–Crippen LogP) is 4.67. The molecule has 1 aromatic heterocycles. The zero-order valence-corrected chi connectivity index (χ0v) is 18.6. The molecule has 0 aliphatic heterocycles. The number of nitrogens with one attached hydrogen (secondary N) is 1. The summed E-state index contributed by atoms with van der Waals surface area (Å²) in [6.45, 7) is 5.58. The van der Waals surface area contributed by atoms with Crippen LogP contribution in [0.5, 0.6) is 11.5 Å². The maximum absolute atomic E-state index is 12.7. The summed E-state index contributed by atoms with van der Waals surface area (Å²) in [5, 5.41) is 2.97. The Morgan fingerprint density at radius 2 is 1.78 bits per heavy atom. The van der Waals surface area contributed by atoms with Crippen LogP contribution in [0.15, 0.2) is 66.7 Å². The molecule has 0 unspecified atom stereocenters. The van der Waals surface area contributed by atoms with E-state index in [0.29, 0.717) is 31.0 Å². The zero-order valence-electron chi connectivity index (χ0n) is 18.6. The molecule has 0 spiro atoms. The number of para-hydroxylation sites is 3. The number of hydrogen-bond acceptors (Lipinski definition) is 4. The van der Waals surface area contributed by atoms with Gasteiger partial charge < -0.3 is 19.4 Å². The van der Waals surface area contributed by atoms with Crippen LogP contribution in [-0.2, 0) is 13.1 Å². The van der Waals surface area contributed by atoms with E-state index in [1.54, 1.807) is 19.2 Å². The van der Waals surface area contributed by atoms with Crippen molar-refractivity contribution >= 4 is 16.9 Å². The Kier molecular flexibility index (Phi) is 6.40. The fourth-order valence-corrected chi connectivity index (χ4v) is 3.66. The van der Waals surface area contributed by atoms with E-state index in [1.807, 2.05) is 42.5 Å². The zero-order chi connectivity index (χ0) is 22.5. The first-order chi connectivity index (χ1) is 15.6. The van der Waals surface area contributed by atoms with Gasteiger partial charge in [0, 0.05) is 0 Å². The molecular formula is C26H27N3O3. The Hall–Kier alpha value is -3.80. The second-order valence-electron chi connectivity index (χ2n) is 7.65. The highest BCUT2D eigenvalue weighted by Crippen LogP contribution is 2.20. The van der Waals surface area contributed by atoms with Crippen molar-refractivity contribution < 1.29 is 14.3 Å². The molecule has 0 fully saturated rings. The smallest absolute Gasteiger partial charge is 0.255 e. The fraction of sp³-hybridized carbons (Fsp3) is 0.231. The van der Waals surface area contributed by atoms with E-state index < -0.39 is 0 Å². The number of benzene rings is 3. The average molecular weight is 430 g/mol. The minimum atomic E-state index is -0.201. The van der Waals surface area contributed by atoms with Crippen molar-refractivity contribution in [3.8, 4) is 11.5 Å². The topological polar surface area (TPSA) is 65.4 Å². The number of fused-ring (bicyclic) bond motifs is 1. The number of ether oxygens (including phenoxy) is 2. The SMILES string of the molecule is COc1ccccc1C(=O)NCc1nc2ccccc2n1CCOc1ccc(C)c(C)c1. The molecule has 4 aromatic rings.